The molecule has 0 aromatic heterocycles. The van der Waals surface area contributed by atoms with Gasteiger partial charge >= 0.3 is 5.97 Å². The average molecular weight is 243 g/mol. The Bertz CT molecular complexity index is 300. The molecular formula is C12H21NO4. The van der Waals surface area contributed by atoms with E-state index in [1.807, 2.05) is 20.8 Å². The molecule has 1 aliphatic carbocycles. The summed E-state index contributed by atoms with van der Waals surface area (Å²) in [6.45, 7) is 5.45. The zero-order chi connectivity index (χ0) is 13.1. The standard InChI is InChI=1S/C12H21NO4/c1-11(2,3)17-13-9(14)8-12(10(15)16)6-4-5-7-12/h4-8H2,1-3H3,(H,13,14)(H,15,16). The number of carboxylic acid groups (broad SMARTS) is 1. The van der Waals surface area contributed by atoms with Gasteiger partial charge in [0.05, 0.1) is 11.0 Å². The molecule has 0 aromatic carbocycles. The summed E-state index contributed by atoms with van der Waals surface area (Å²) in [5.41, 5.74) is 0.973. The zero-order valence-electron chi connectivity index (χ0n) is 10.7. The lowest BCUT2D eigenvalue weighted by Gasteiger charge is -2.24. The minimum Gasteiger partial charge on any atom is -0.481 e. The van der Waals surface area contributed by atoms with Crippen molar-refractivity contribution in [2.24, 2.45) is 5.41 Å². The van der Waals surface area contributed by atoms with E-state index in [-0.39, 0.29) is 12.3 Å². The van der Waals surface area contributed by atoms with Crippen LogP contribution in [0, 0.1) is 5.41 Å². The average Bonchev–Trinajstić information content (AvgIpc) is 2.63. The van der Waals surface area contributed by atoms with Crippen LogP contribution in [0.4, 0.5) is 0 Å². The van der Waals surface area contributed by atoms with E-state index in [2.05, 4.69) is 5.48 Å². The van der Waals surface area contributed by atoms with Crippen LogP contribution in [0.2, 0.25) is 0 Å². The molecule has 0 spiro atoms. The molecule has 1 aliphatic rings. The molecular weight excluding hydrogens is 222 g/mol. The van der Waals surface area contributed by atoms with E-state index in [4.69, 9.17) is 4.84 Å². The number of rotatable bonds is 4. The zero-order valence-corrected chi connectivity index (χ0v) is 10.7. The number of hydrogen-bond donors (Lipinski definition) is 2. The Labute approximate surface area is 101 Å². The van der Waals surface area contributed by atoms with Crippen LogP contribution in [0.5, 0.6) is 0 Å². The van der Waals surface area contributed by atoms with E-state index in [1.54, 1.807) is 0 Å². The van der Waals surface area contributed by atoms with Gasteiger partial charge in [0.1, 0.15) is 0 Å². The Morgan fingerprint density at radius 3 is 2.24 bits per heavy atom. The normalized spacial score (nSPS) is 19.0. The first kappa shape index (κ1) is 14.0. The highest BCUT2D eigenvalue weighted by Crippen LogP contribution is 2.41. The van der Waals surface area contributed by atoms with Gasteiger partial charge in [0.15, 0.2) is 0 Å². The number of carboxylic acids is 1. The first-order valence-corrected chi connectivity index (χ1v) is 5.95. The van der Waals surface area contributed by atoms with Crippen LogP contribution in [0.15, 0.2) is 0 Å². The fourth-order valence-corrected chi connectivity index (χ4v) is 2.07. The topological polar surface area (TPSA) is 75.6 Å². The van der Waals surface area contributed by atoms with Gasteiger partial charge in [-0.05, 0) is 33.6 Å². The van der Waals surface area contributed by atoms with Crippen molar-refractivity contribution in [1.29, 1.82) is 0 Å². The summed E-state index contributed by atoms with van der Waals surface area (Å²) in [5, 5.41) is 9.22. The first-order valence-electron chi connectivity index (χ1n) is 5.95. The van der Waals surface area contributed by atoms with Gasteiger partial charge in [0.2, 0.25) is 5.91 Å². The molecule has 5 nitrogen and oxygen atoms in total. The minimum absolute atomic E-state index is 0.00157. The van der Waals surface area contributed by atoms with Gasteiger partial charge in [-0.2, -0.15) is 0 Å². The largest absolute Gasteiger partial charge is 0.481 e. The lowest BCUT2D eigenvalue weighted by molar-refractivity contribution is -0.157. The Hall–Kier alpha value is -1.10. The highest BCUT2D eigenvalue weighted by Gasteiger charge is 2.43. The number of hydroxylamine groups is 1. The molecule has 17 heavy (non-hydrogen) atoms. The van der Waals surface area contributed by atoms with Crippen LogP contribution in [0.3, 0.4) is 0 Å². The van der Waals surface area contributed by atoms with E-state index in [9.17, 15) is 14.7 Å². The Morgan fingerprint density at radius 2 is 1.82 bits per heavy atom. The summed E-state index contributed by atoms with van der Waals surface area (Å²) in [6, 6.07) is 0. The molecule has 98 valence electrons. The molecule has 0 aromatic rings. The van der Waals surface area contributed by atoms with Crippen molar-refractivity contribution < 1.29 is 19.5 Å². The maximum atomic E-state index is 11.7. The van der Waals surface area contributed by atoms with E-state index in [0.29, 0.717) is 12.8 Å². The second kappa shape index (κ2) is 5.04. The van der Waals surface area contributed by atoms with Crippen molar-refractivity contribution in [2.45, 2.75) is 58.5 Å². The summed E-state index contributed by atoms with van der Waals surface area (Å²) in [7, 11) is 0. The number of carbonyl (C=O) groups is 2. The van der Waals surface area contributed by atoms with Crippen molar-refractivity contribution in [3.63, 3.8) is 0 Å². The second-order valence-electron chi connectivity index (χ2n) is 5.71. The van der Waals surface area contributed by atoms with Crippen molar-refractivity contribution in [2.75, 3.05) is 0 Å². The molecule has 0 unspecified atom stereocenters. The SMILES string of the molecule is CC(C)(C)ONC(=O)CC1(C(=O)O)CCCC1. The number of hydrogen-bond acceptors (Lipinski definition) is 3. The molecule has 2 N–H and O–H groups in total. The van der Waals surface area contributed by atoms with Gasteiger partial charge in [0, 0.05) is 6.42 Å². The minimum atomic E-state index is -0.884. The van der Waals surface area contributed by atoms with Crippen molar-refractivity contribution >= 4 is 11.9 Å². The first-order chi connectivity index (χ1) is 7.75. The Balaban J connectivity index is 2.51. The highest BCUT2D eigenvalue weighted by atomic mass is 16.7. The smallest absolute Gasteiger partial charge is 0.310 e. The molecule has 0 saturated heterocycles. The summed E-state index contributed by atoms with van der Waals surface area (Å²) >= 11 is 0. The Morgan fingerprint density at radius 1 is 1.29 bits per heavy atom. The van der Waals surface area contributed by atoms with Crippen molar-refractivity contribution in [1.82, 2.24) is 5.48 Å². The van der Waals surface area contributed by atoms with E-state index < -0.39 is 17.0 Å². The molecule has 5 heteroatoms. The van der Waals surface area contributed by atoms with Crippen LogP contribution >= 0.6 is 0 Å². The molecule has 0 aliphatic heterocycles. The molecule has 0 bridgehead atoms. The van der Waals surface area contributed by atoms with Crippen LogP contribution < -0.4 is 5.48 Å². The van der Waals surface area contributed by atoms with Crippen molar-refractivity contribution in [3.05, 3.63) is 0 Å². The van der Waals surface area contributed by atoms with Crippen LogP contribution in [-0.2, 0) is 14.4 Å². The molecule has 1 rings (SSSR count). The van der Waals surface area contributed by atoms with Crippen molar-refractivity contribution in [3.8, 4) is 0 Å². The molecule has 1 saturated carbocycles. The van der Waals surface area contributed by atoms with Gasteiger partial charge in [-0.1, -0.05) is 12.8 Å². The van der Waals surface area contributed by atoms with E-state index in [0.717, 1.165) is 12.8 Å². The summed E-state index contributed by atoms with van der Waals surface area (Å²) in [6.07, 6.45) is 2.90. The van der Waals surface area contributed by atoms with Crippen LogP contribution in [-0.4, -0.2) is 22.6 Å². The third-order valence-corrected chi connectivity index (χ3v) is 2.98. The van der Waals surface area contributed by atoms with Gasteiger partial charge in [-0.25, -0.2) is 5.48 Å². The van der Waals surface area contributed by atoms with Crippen LogP contribution in [0.1, 0.15) is 52.9 Å². The number of carbonyl (C=O) groups excluding carboxylic acids is 1. The number of nitrogens with one attached hydrogen (secondary N) is 1. The van der Waals surface area contributed by atoms with Gasteiger partial charge < -0.3 is 5.11 Å². The van der Waals surface area contributed by atoms with Gasteiger partial charge in [-0.15, -0.1) is 0 Å². The highest BCUT2D eigenvalue weighted by molar-refractivity contribution is 5.84. The van der Waals surface area contributed by atoms with E-state index >= 15 is 0 Å². The maximum absolute atomic E-state index is 11.7. The number of aliphatic carboxylic acids is 1. The summed E-state index contributed by atoms with van der Waals surface area (Å²) < 4.78 is 0. The fourth-order valence-electron chi connectivity index (χ4n) is 2.07. The molecule has 0 atom stereocenters. The monoisotopic (exact) mass is 243 g/mol. The predicted molar refractivity (Wildman–Crippen MR) is 62.1 cm³/mol. The third kappa shape index (κ3) is 4.00. The molecule has 0 radical (unpaired) electrons. The van der Waals surface area contributed by atoms with Gasteiger partial charge in [-0.3, -0.25) is 14.4 Å². The molecule has 1 amide bonds. The number of amides is 1. The summed E-state index contributed by atoms with van der Waals surface area (Å²) in [4.78, 5) is 28.0. The second-order valence-corrected chi connectivity index (χ2v) is 5.71. The predicted octanol–water partition coefficient (Wildman–Crippen LogP) is 1.87. The molecule has 1 fully saturated rings. The molecule has 0 heterocycles. The quantitative estimate of drug-likeness (QED) is 0.739. The van der Waals surface area contributed by atoms with Crippen LogP contribution in [0.25, 0.3) is 0 Å². The lowest BCUT2D eigenvalue weighted by Crippen LogP contribution is -2.39. The lowest BCUT2D eigenvalue weighted by atomic mass is 9.82. The fraction of sp³-hybridized carbons (Fsp3) is 0.833. The maximum Gasteiger partial charge on any atom is 0.310 e. The summed E-state index contributed by atoms with van der Waals surface area (Å²) in [5.74, 6) is -1.23. The third-order valence-electron chi connectivity index (χ3n) is 2.98. The van der Waals surface area contributed by atoms with E-state index in [1.165, 1.54) is 0 Å². The Kier molecular flexibility index (Phi) is 4.14. The van der Waals surface area contributed by atoms with Gasteiger partial charge in [0.25, 0.3) is 0 Å².